The minimum absolute atomic E-state index is 0. The number of aliphatic hydroxyl groups excluding tert-OH is 4. The maximum atomic E-state index is 9.52. The first kappa shape index (κ1) is 31.5. The van der Waals surface area contributed by atoms with Crippen LogP contribution in [0.15, 0.2) is 30.3 Å². The molecule has 0 fully saturated rings. The molecule has 0 aromatic heterocycles. The molecule has 4 N–H and O–H groups in total. The molecule has 0 radical (unpaired) electrons. The van der Waals surface area contributed by atoms with Crippen molar-refractivity contribution in [1.82, 2.24) is 4.90 Å². The van der Waals surface area contributed by atoms with E-state index in [2.05, 4.69) is 0 Å². The summed E-state index contributed by atoms with van der Waals surface area (Å²) in [6.45, 7) is 10.3. The van der Waals surface area contributed by atoms with Gasteiger partial charge in [0.2, 0.25) is 0 Å². The van der Waals surface area contributed by atoms with Gasteiger partial charge in [-0.25, -0.2) is 0 Å². The zero-order valence-electron chi connectivity index (χ0n) is 16.4. The SMILES string of the molecule is CC(C)O.CC(C)O.CC(C)O.CN(C)C(O)c1ccccc1.[Ti]. The zero-order valence-corrected chi connectivity index (χ0v) is 18.0. The summed E-state index contributed by atoms with van der Waals surface area (Å²) in [5, 5.41) is 33.7. The molecule has 0 saturated carbocycles. The minimum atomic E-state index is -0.490. The number of nitrogens with zero attached hydrogens (tertiary/aromatic N) is 1. The molecule has 142 valence electrons. The van der Waals surface area contributed by atoms with Crippen LogP contribution >= 0.6 is 0 Å². The molecule has 24 heavy (non-hydrogen) atoms. The zero-order chi connectivity index (χ0) is 19.0. The topological polar surface area (TPSA) is 84.2 Å². The van der Waals surface area contributed by atoms with Crippen LogP contribution in [0.5, 0.6) is 0 Å². The average molecular weight is 379 g/mol. The molecule has 5 nitrogen and oxygen atoms in total. The molecule has 0 spiro atoms. The Morgan fingerprint density at radius 2 is 0.917 bits per heavy atom. The molecule has 1 atom stereocenters. The predicted molar refractivity (Wildman–Crippen MR) is 97.2 cm³/mol. The van der Waals surface area contributed by atoms with Crippen molar-refractivity contribution in [3.05, 3.63) is 35.9 Å². The Hall–Kier alpha value is -0.266. The van der Waals surface area contributed by atoms with Gasteiger partial charge in [-0.05, 0) is 61.2 Å². The second-order valence-electron chi connectivity index (χ2n) is 6.03. The smallest absolute Gasteiger partial charge is 0.133 e. The summed E-state index contributed by atoms with van der Waals surface area (Å²) in [6, 6.07) is 9.59. The van der Waals surface area contributed by atoms with Crippen LogP contribution in [-0.2, 0) is 21.7 Å². The van der Waals surface area contributed by atoms with Crippen LogP contribution < -0.4 is 0 Å². The van der Waals surface area contributed by atoms with Crippen LogP contribution in [0, 0.1) is 0 Å². The van der Waals surface area contributed by atoms with Crippen LogP contribution in [-0.4, -0.2) is 57.7 Å². The molecule has 0 saturated heterocycles. The van der Waals surface area contributed by atoms with Crippen molar-refractivity contribution in [1.29, 1.82) is 0 Å². The Morgan fingerprint density at radius 1 is 0.667 bits per heavy atom. The number of hydrogen-bond donors (Lipinski definition) is 4. The summed E-state index contributed by atoms with van der Waals surface area (Å²) in [5.41, 5.74) is 0.928. The third-order valence-corrected chi connectivity index (χ3v) is 1.59. The van der Waals surface area contributed by atoms with Crippen LogP contribution in [0.25, 0.3) is 0 Å². The normalized spacial score (nSPS) is 10.7. The third kappa shape index (κ3) is 37.7. The summed E-state index contributed by atoms with van der Waals surface area (Å²) in [4.78, 5) is 1.76. The van der Waals surface area contributed by atoms with Gasteiger partial charge in [-0.2, -0.15) is 0 Å². The van der Waals surface area contributed by atoms with Gasteiger partial charge in [-0.3, -0.25) is 4.90 Å². The van der Waals surface area contributed by atoms with Crippen LogP contribution in [0.4, 0.5) is 0 Å². The molecule has 1 aromatic rings. The third-order valence-electron chi connectivity index (χ3n) is 1.59. The summed E-state index contributed by atoms with van der Waals surface area (Å²) in [6.07, 6.45) is -0.990. The molecular formula is C18H37NO4Ti. The monoisotopic (exact) mass is 379 g/mol. The van der Waals surface area contributed by atoms with Gasteiger partial charge in [0.1, 0.15) is 6.23 Å². The summed E-state index contributed by atoms with van der Waals surface area (Å²) < 4.78 is 0. The van der Waals surface area contributed by atoms with E-state index in [1.807, 2.05) is 44.4 Å². The van der Waals surface area contributed by atoms with Gasteiger partial charge in [0.15, 0.2) is 0 Å². The first-order chi connectivity index (χ1) is 10.4. The molecular weight excluding hydrogens is 342 g/mol. The van der Waals surface area contributed by atoms with Crippen molar-refractivity contribution in [2.24, 2.45) is 0 Å². The van der Waals surface area contributed by atoms with Gasteiger partial charge in [0.05, 0.1) is 0 Å². The number of benzene rings is 1. The van der Waals surface area contributed by atoms with E-state index in [-0.39, 0.29) is 40.0 Å². The number of hydrogen-bond acceptors (Lipinski definition) is 5. The molecule has 1 unspecified atom stereocenters. The second kappa shape index (κ2) is 20.8. The van der Waals surface area contributed by atoms with E-state index in [4.69, 9.17) is 15.3 Å². The fourth-order valence-electron chi connectivity index (χ4n) is 0.923. The first-order valence-corrected chi connectivity index (χ1v) is 7.85. The Balaban J connectivity index is -0.000000130. The van der Waals surface area contributed by atoms with E-state index in [9.17, 15) is 5.11 Å². The predicted octanol–water partition coefficient (Wildman–Crippen LogP) is 2.40. The van der Waals surface area contributed by atoms with Crippen molar-refractivity contribution in [3.63, 3.8) is 0 Å². The van der Waals surface area contributed by atoms with E-state index in [1.165, 1.54) is 0 Å². The standard InChI is InChI=1S/C9H13NO.3C3H8O.Ti/c1-10(2)9(11)8-6-4-3-5-7-8;3*1-3(2)4;/h3-7,9,11H,1-2H3;3*3-4H,1-2H3;. The minimum Gasteiger partial charge on any atom is -0.394 e. The van der Waals surface area contributed by atoms with Gasteiger partial charge in [-0.15, -0.1) is 0 Å². The number of aliphatic hydroxyl groups is 4. The fourth-order valence-corrected chi connectivity index (χ4v) is 0.923. The first-order valence-electron chi connectivity index (χ1n) is 7.85. The Kier molecular flexibility index (Phi) is 27.3. The Bertz CT molecular complexity index is 311. The van der Waals surface area contributed by atoms with Gasteiger partial charge in [0.25, 0.3) is 0 Å². The quantitative estimate of drug-likeness (QED) is 0.469. The summed E-state index contributed by atoms with van der Waals surface area (Å²) in [7, 11) is 3.69. The van der Waals surface area contributed by atoms with Gasteiger partial charge in [-0.1, -0.05) is 30.3 Å². The van der Waals surface area contributed by atoms with Crippen molar-refractivity contribution < 1.29 is 42.1 Å². The molecule has 0 amide bonds. The van der Waals surface area contributed by atoms with Gasteiger partial charge < -0.3 is 20.4 Å². The summed E-state index contributed by atoms with van der Waals surface area (Å²) >= 11 is 0. The largest absolute Gasteiger partial charge is 0.394 e. The Morgan fingerprint density at radius 3 is 1.12 bits per heavy atom. The van der Waals surface area contributed by atoms with Crippen LogP contribution in [0.1, 0.15) is 53.3 Å². The molecule has 0 bridgehead atoms. The second-order valence-corrected chi connectivity index (χ2v) is 6.03. The van der Waals surface area contributed by atoms with Gasteiger partial charge in [0, 0.05) is 40.0 Å². The van der Waals surface area contributed by atoms with Crippen molar-refractivity contribution in [2.75, 3.05) is 14.1 Å². The van der Waals surface area contributed by atoms with Crippen molar-refractivity contribution >= 4 is 0 Å². The molecule has 1 rings (SSSR count). The molecule has 1 aromatic carbocycles. The van der Waals surface area contributed by atoms with Crippen molar-refractivity contribution in [3.8, 4) is 0 Å². The Labute approximate surface area is 163 Å². The van der Waals surface area contributed by atoms with E-state index in [0.29, 0.717) is 0 Å². The van der Waals surface area contributed by atoms with Crippen LogP contribution in [0.2, 0.25) is 0 Å². The van der Waals surface area contributed by atoms with E-state index < -0.39 is 6.23 Å². The molecule has 0 aliphatic heterocycles. The molecule has 0 heterocycles. The van der Waals surface area contributed by atoms with E-state index in [1.54, 1.807) is 46.4 Å². The van der Waals surface area contributed by atoms with E-state index in [0.717, 1.165) is 5.56 Å². The molecule has 6 heteroatoms. The van der Waals surface area contributed by atoms with Crippen LogP contribution in [0.3, 0.4) is 0 Å². The molecule has 0 aliphatic carbocycles. The van der Waals surface area contributed by atoms with Crippen molar-refractivity contribution in [2.45, 2.75) is 66.1 Å². The fraction of sp³-hybridized carbons (Fsp3) is 0.667. The molecule has 0 aliphatic rings. The summed E-state index contributed by atoms with van der Waals surface area (Å²) in [5.74, 6) is 0. The average Bonchev–Trinajstić information content (AvgIpc) is 2.36. The maximum Gasteiger partial charge on any atom is 0.133 e. The van der Waals surface area contributed by atoms with Gasteiger partial charge >= 0.3 is 0 Å². The van der Waals surface area contributed by atoms with E-state index >= 15 is 0 Å². The number of rotatable bonds is 2. The maximum absolute atomic E-state index is 9.52.